The quantitative estimate of drug-likeness (QED) is 0.876. The zero-order valence-electron chi connectivity index (χ0n) is 10.0. The first-order chi connectivity index (χ1) is 9.09. The Labute approximate surface area is 114 Å². The lowest BCUT2D eigenvalue weighted by atomic mass is 10.1. The Kier molecular flexibility index (Phi) is 2.67. The maximum atomic E-state index is 12.0. The fourth-order valence-corrected chi connectivity index (χ4v) is 2.22. The summed E-state index contributed by atoms with van der Waals surface area (Å²) in [6, 6.07) is 7.15. The highest BCUT2D eigenvalue weighted by atomic mass is 35.5. The van der Waals surface area contributed by atoms with Crippen LogP contribution in [-0.2, 0) is 5.54 Å². The SMILES string of the molecule is Nc1ncn(C(=O)NC2(c3cccc(Cl)c3)CC2)n1. The Hall–Kier alpha value is -2.08. The summed E-state index contributed by atoms with van der Waals surface area (Å²) >= 11 is 5.98. The Morgan fingerprint density at radius 1 is 1.47 bits per heavy atom. The standard InChI is InChI=1S/C12H12ClN5O/c13-9-3-1-2-8(6-9)12(4-5-12)16-11(19)18-7-15-10(14)17-18/h1-3,6-7H,4-5H2,(H2,14,17)(H,16,19). The van der Waals surface area contributed by atoms with Crippen LogP contribution < -0.4 is 11.1 Å². The van der Waals surface area contributed by atoms with E-state index in [1.807, 2.05) is 18.2 Å². The molecule has 1 aliphatic carbocycles. The van der Waals surface area contributed by atoms with E-state index < -0.39 is 0 Å². The number of anilines is 1. The molecule has 0 spiro atoms. The predicted molar refractivity (Wildman–Crippen MR) is 70.7 cm³/mol. The first-order valence-corrected chi connectivity index (χ1v) is 6.23. The molecule has 98 valence electrons. The van der Waals surface area contributed by atoms with E-state index in [0.717, 1.165) is 23.1 Å². The molecule has 0 unspecified atom stereocenters. The molecule has 3 N–H and O–H groups in total. The minimum atomic E-state index is -0.346. The van der Waals surface area contributed by atoms with Gasteiger partial charge < -0.3 is 11.1 Å². The molecule has 1 fully saturated rings. The molecule has 0 aliphatic heterocycles. The second-order valence-corrected chi connectivity index (χ2v) is 5.01. The second kappa shape index (κ2) is 4.24. The molecule has 3 rings (SSSR count). The third kappa shape index (κ3) is 2.26. The number of carbonyl (C=O) groups is 1. The molecular formula is C12H12ClN5O. The van der Waals surface area contributed by atoms with Crippen LogP contribution in [0.25, 0.3) is 0 Å². The van der Waals surface area contributed by atoms with Gasteiger partial charge in [0.25, 0.3) is 0 Å². The van der Waals surface area contributed by atoms with E-state index in [2.05, 4.69) is 15.4 Å². The van der Waals surface area contributed by atoms with Gasteiger partial charge in [-0.1, -0.05) is 23.7 Å². The van der Waals surface area contributed by atoms with Gasteiger partial charge in [-0.2, -0.15) is 4.68 Å². The summed E-state index contributed by atoms with van der Waals surface area (Å²) < 4.78 is 1.10. The van der Waals surface area contributed by atoms with Crippen LogP contribution in [0.1, 0.15) is 18.4 Å². The number of benzene rings is 1. The van der Waals surface area contributed by atoms with Crippen LogP contribution in [0.3, 0.4) is 0 Å². The van der Waals surface area contributed by atoms with E-state index in [-0.39, 0.29) is 17.5 Å². The molecule has 6 nitrogen and oxygen atoms in total. The van der Waals surface area contributed by atoms with Crippen molar-refractivity contribution in [3.8, 4) is 0 Å². The van der Waals surface area contributed by atoms with E-state index in [9.17, 15) is 4.79 Å². The zero-order valence-corrected chi connectivity index (χ0v) is 10.8. The fourth-order valence-electron chi connectivity index (χ4n) is 2.03. The average molecular weight is 278 g/mol. The molecule has 7 heteroatoms. The van der Waals surface area contributed by atoms with Crippen molar-refractivity contribution in [2.75, 3.05) is 5.73 Å². The van der Waals surface area contributed by atoms with Crippen molar-refractivity contribution in [3.05, 3.63) is 41.2 Å². The molecule has 19 heavy (non-hydrogen) atoms. The summed E-state index contributed by atoms with van der Waals surface area (Å²) in [5.41, 5.74) is 6.04. The van der Waals surface area contributed by atoms with E-state index in [0.29, 0.717) is 5.02 Å². The minimum Gasteiger partial charge on any atom is -0.366 e. The number of rotatable bonds is 2. The monoisotopic (exact) mass is 277 g/mol. The molecule has 0 atom stereocenters. The number of aromatic nitrogens is 3. The van der Waals surface area contributed by atoms with Crippen molar-refractivity contribution in [1.82, 2.24) is 20.1 Å². The largest absolute Gasteiger partial charge is 0.366 e. The first kappa shape index (κ1) is 12.0. The molecule has 1 aliphatic rings. The van der Waals surface area contributed by atoms with Gasteiger partial charge in [0.1, 0.15) is 6.33 Å². The van der Waals surface area contributed by atoms with Gasteiger partial charge in [0, 0.05) is 5.02 Å². The number of carbonyl (C=O) groups excluding carboxylic acids is 1. The fraction of sp³-hybridized carbons (Fsp3) is 0.250. The smallest absolute Gasteiger partial charge is 0.344 e. The Morgan fingerprint density at radius 2 is 2.26 bits per heavy atom. The normalized spacial score (nSPS) is 16.1. The highest BCUT2D eigenvalue weighted by Crippen LogP contribution is 2.46. The summed E-state index contributed by atoms with van der Waals surface area (Å²) in [5, 5.41) is 7.38. The summed E-state index contributed by atoms with van der Waals surface area (Å²) in [7, 11) is 0. The van der Waals surface area contributed by atoms with Crippen LogP contribution in [-0.4, -0.2) is 20.8 Å². The Morgan fingerprint density at radius 3 is 2.84 bits per heavy atom. The van der Waals surface area contributed by atoms with Crippen LogP contribution >= 0.6 is 11.6 Å². The van der Waals surface area contributed by atoms with Gasteiger partial charge >= 0.3 is 6.03 Å². The third-order valence-electron chi connectivity index (χ3n) is 3.19. The summed E-state index contributed by atoms with van der Waals surface area (Å²) in [4.78, 5) is 15.8. The number of nitrogens with two attached hydrogens (primary N) is 1. The van der Waals surface area contributed by atoms with Crippen molar-refractivity contribution in [1.29, 1.82) is 0 Å². The lowest BCUT2D eigenvalue weighted by Crippen LogP contribution is -2.38. The van der Waals surface area contributed by atoms with Crippen LogP contribution in [0.15, 0.2) is 30.6 Å². The highest BCUT2D eigenvalue weighted by molar-refractivity contribution is 6.30. The lowest BCUT2D eigenvalue weighted by molar-refractivity contribution is 0.234. The number of nitrogens with one attached hydrogen (secondary N) is 1. The zero-order chi connectivity index (χ0) is 13.5. The Balaban J connectivity index is 1.81. The molecule has 1 saturated carbocycles. The first-order valence-electron chi connectivity index (χ1n) is 5.85. The van der Waals surface area contributed by atoms with Crippen LogP contribution in [0.4, 0.5) is 10.7 Å². The number of nitrogen functional groups attached to an aromatic ring is 1. The van der Waals surface area contributed by atoms with Gasteiger partial charge in [0.2, 0.25) is 5.95 Å². The lowest BCUT2D eigenvalue weighted by Gasteiger charge is -2.17. The predicted octanol–water partition coefficient (Wildman–Crippen LogP) is 1.76. The van der Waals surface area contributed by atoms with E-state index in [1.54, 1.807) is 6.07 Å². The number of amides is 1. The maximum absolute atomic E-state index is 12.0. The van der Waals surface area contributed by atoms with Gasteiger partial charge in [0.05, 0.1) is 5.54 Å². The van der Waals surface area contributed by atoms with E-state index >= 15 is 0 Å². The number of nitrogens with zero attached hydrogens (tertiary/aromatic N) is 3. The van der Waals surface area contributed by atoms with Gasteiger partial charge in [0.15, 0.2) is 0 Å². The minimum absolute atomic E-state index is 0.0720. The van der Waals surface area contributed by atoms with Crippen molar-refractivity contribution in [2.45, 2.75) is 18.4 Å². The van der Waals surface area contributed by atoms with Crippen LogP contribution in [0, 0.1) is 0 Å². The van der Waals surface area contributed by atoms with Crippen molar-refractivity contribution < 1.29 is 4.79 Å². The molecule has 1 amide bonds. The van der Waals surface area contributed by atoms with Crippen molar-refractivity contribution >= 4 is 23.6 Å². The van der Waals surface area contributed by atoms with E-state index in [1.165, 1.54) is 6.33 Å². The van der Waals surface area contributed by atoms with Crippen LogP contribution in [0.2, 0.25) is 5.02 Å². The number of hydrogen-bond donors (Lipinski definition) is 2. The van der Waals surface area contributed by atoms with Gasteiger partial charge in [-0.3, -0.25) is 0 Å². The molecule has 2 aromatic rings. The Bertz CT molecular complexity index is 635. The third-order valence-corrected chi connectivity index (χ3v) is 3.43. The van der Waals surface area contributed by atoms with Gasteiger partial charge in [-0.05, 0) is 30.5 Å². The second-order valence-electron chi connectivity index (χ2n) is 4.57. The summed E-state index contributed by atoms with van der Waals surface area (Å²) in [6.45, 7) is 0. The van der Waals surface area contributed by atoms with Gasteiger partial charge in [-0.15, -0.1) is 5.10 Å². The molecule has 1 heterocycles. The summed E-state index contributed by atoms with van der Waals surface area (Å²) in [5.74, 6) is 0.0720. The molecule has 0 saturated heterocycles. The topological polar surface area (TPSA) is 85.8 Å². The number of hydrogen-bond acceptors (Lipinski definition) is 4. The molecule has 1 aromatic heterocycles. The molecule has 0 radical (unpaired) electrons. The molecular weight excluding hydrogens is 266 g/mol. The average Bonchev–Trinajstić information content (AvgIpc) is 3.03. The molecule has 1 aromatic carbocycles. The van der Waals surface area contributed by atoms with E-state index in [4.69, 9.17) is 17.3 Å². The van der Waals surface area contributed by atoms with Crippen molar-refractivity contribution in [3.63, 3.8) is 0 Å². The highest BCUT2D eigenvalue weighted by Gasteiger charge is 2.46. The van der Waals surface area contributed by atoms with Gasteiger partial charge in [-0.25, -0.2) is 9.78 Å². The van der Waals surface area contributed by atoms with Crippen molar-refractivity contribution in [2.24, 2.45) is 0 Å². The maximum Gasteiger partial charge on any atom is 0.344 e. The molecule has 0 bridgehead atoms. The number of halogens is 1. The van der Waals surface area contributed by atoms with Crippen LogP contribution in [0.5, 0.6) is 0 Å². The summed E-state index contributed by atoms with van der Waals surface area (Å²) in [6.07, 6.45) is 3.05.